The Morgan fingerprint density at radius 2 is 1.81 bits per heavy atom. The third-order valence-electron chi connectivity index (χ3n) is 4.14. The largest absolute Gasteiger partial charge is 0.271 e. The molecule has 2 heterocycles. The number of sulfonamides is 1. The molecule has 0 saturated carbocycles. The fourth-order valence-corrected chi connectivity index (χ4v) is 4.68. The van der Waals surface area contributed by atoms with Gasteiger partial charge in [-0.05, 0) is 44.9 Å². The Morgan fingerprint density at radius 3 is 2.46 bits per heavy atom. The topological polar surface area (TPSA) is 104 Å². The van der Waals surface area contributed by atoms with E-state index in [0.29, 0.717) is 19.4 Å². The van der Waals surface area contributed by atoms with Crippen LogP contribution in [0.5, 0.6) is 0 Å². The second-order valence-corrected chi connectivity index (χ2v) is 8.07. The van der Waals surface area contributed by atoms with Crippen molar-refractivity contribution < 1.29 is 13.2 Å². The second kappa shape index (κ2) is 7.38. The zero-order valence-corrected chi connectivity index (χ0v) is 15.5. The molecule has 0 spiro atoms. The average Bonchev–Trinajstić information content (AvgIpc) is 3.10. The molecule has 1 aromatic heterocycles. The van der Waals surface area contributed by atoms with Gasteiger partial charge in [-0.15, -0.1) is 0 Å². The van der Waals surface area contributed by atoms with Gasteiger partial charge < -0.3 is 0 Å². The van der Waals surface area contributed by atoms with Crippen LogP contribution in [0.3, 0.4) is 0 Å². The minimum absolute atomic E-state index is 0.185. The van der Waals surface area contributed by atoms with Crippen molar-refractivity contribution >= 4 is 21.9 Å². The number of carbonyl (C=O) groups excluding carboxylic acids is 1. The second-order valence-electron chi connectivity index (χ2n) is 6.18. The maximum absolute atomic E-state index is 12.8. The van der Waals surface area contributed by atoms with Crippen LogP contribution >= 0.6 is 0 Å². The molecule has 26 heavy (non-hydrogen) atoms. The van der Waals surface area contributed by atoms with E-state index in [2.05, 4.69) is 20.8 Å². The summed E-state index contributed by atoms with van der Waals surface area (Å²) in [5, 5.41) is 0. The minimum Gasteiger partial charge on any atom is -0.271 e. The first-order chi connectivity index (χ1) is 12.4. The molecular weight excluding hydrogens is 354 g/mol. The molecule has 0 bridgehead atoms. The van der Waals surface area contributed by atoms with E-state index >= 15 is 0 Å². The fraction of sp³-hybridized carbons (Fsp3) is 0.353. The van der Waals surface area contributed by atoms with E-state index in [0.717, 1.165) is 11.4 Å². The molecule has 1 saturated heterocycles. The third-order valence-corrected chi connectivity index (χ3v) is 6.06. The monoisotopic (exact) mass is 375 g/mol. The van der Waals surface area contributed by atoms with Gasteiger partial charge in [-0.1, -0.05) is 18.2 Å². The van der Waals surface area contributed by atoms with Crippen molar-refractivity contribution in [3.63, 3.8) is 0 Å². The smallest absolute Gasteiger partial charge is 0.256 e. The molecule has 1 unspecified atom stereocenters. The van der Waals surface area contributed by atoms with E-state index in [1.807, 2.05) is 19.9 Å². The lowest BCUT2D eigenvalue weighted by molar-refractivity contribution is -0.123. The van der Waals surface area contributed by atoms with Gasteiger partial charge in [0.2, 0.25) is 16.0 Å². The molecule has 1 amide bonds. The normalized spacial score (nSPS) is 17.8. The average molecular weight is 375 g/mol. The predicted molar refractivity (Wildman–Crippen MR) is 96.6 cm³/mol. The molecule has 8 nitrogen and oxygen atoms in total. The van der Waals surface area contributed by atoms with Gasteiger partial charge in [0.25, 0.3) is 5.91 Å². The molecule has 1 aliphatic rings. The zero-order valence-electron chi connectivity index (χ0n) is 14.6. The van der Waals surface area contributed by atoms with Gasteiger partial charge in [-0.3, -0.25) is 15.6 Å². The summed E-state index contributed by atoms with van der Waals surface area (Å²) in [6, 6.07) is 9.19. The highest BCUT2D eigenvalue weighted by atomic mass is 32.2. The molecule has 0 radical (unpaired) electrons. The van der Waals surface area contributed by atoms with Crippen LogP contribution in [0, 0.1) is 13.8 Å². The number of carbonyl (C=O) groups is 1. The number of anilines is 1. The van der Waals surface area contributed by atoms with Crippen LogP contribution in [0.25, 0.3) is 0 Å². The van der Waals surface area contributed by atoms with Crippen LogP contribution in [0.2, 0.25) is 0 Å². The maximum atomic E-state index is 12.8. The van der Waals surface area contributed by atoms with Crippen molar-refractivity contribution in [3.05, 3.63) is 47.8 Å². The summed E-state index contributed by atoms with van der Waals surface area (Å²) in [5.74, 6) is -0.156. The first kappa shape index (κ1) is 18.3. The highest BCUT2D eigenvalue weighted by molar-refractivity contribution is 7.89. The lowest BCUT2D eigenvalue weighted by atomic mass is 10.2. The van der Waals surface area contributed by atoms with Gasteiger partial charge >= 0.3 is 0 Å². The van der Waals surface area contributed by atoms with Crippen molar-refractivity contribution in [2.75, 3.05) is 12.0 Å². The van der Waals surface area contributed by atoms with E-state index in [1.54, 1.807) is 18.2 Å². The van der Waals surface area contributed by atoms with Crippen LogP contribution in [0.1, 0.15) is 24.2 Å². The number of amides is 1. The number of aryl methyl sites for hydroxylation is 2. The number of hydrogen-bond donors (Lipinski definition) is 2. The number of rotatable bonds is 5. The van der Waals surface area contributed by atoms with Crippen LogP contribution in [-0.2, 0) is 14.8 Å². The highest BCUT2D eigenvalue weighted by Gasteiger charge is 2.39. The molecular formula is C17H21N5O3S. The van der Waals surface area contributed by atoms with Crippen molar-refractivity contribution in [1.82, 2.24) is 19.7 Å². The van der Waals surface area contributed by atoms with E-state index in [4.69, 9.17) is 0 Å². The number of nitrogens with zero attached hydrogens (tertiary/aromatic N) is 3. The van der Waals surface area contributed by atoms with Crippen LogP contribution < -0.4 is 10.9 Å². The minimum atomic E-state index is -3.72. The van der Waals surface area contributed by atoms with E-state index in [-0.39, 0.29) is 10.8 Å². The van der Waals surface area contributed by atoms with Crippen LogP contribution in [-0.4, -0.2) is 41.2 Å². The Morgan fingerprint density at radius 1 is 1.15 bits per heavy atom. The van der Waals surface area contributed by atoms with Crippen LogP contribution in [0.4, 0.5) is 5.95 Å². The first-order valence-corrected chi connectivity index (χ1v) is 9.77. The molecule has 3 rings (SSSR count). The fourth-order valence-electron chi connectivity index (χ4n) is 3.00. The molecule has 2 aromatic rings. The van der Waals surface area contributed by atoms with Gasteiger partial charge in [0, 0.05) is 17.9 Å². The first-order valence-electron chi connectivity index (χ1n) is 8.33. The Hall–Kier alpha value is -2.52. The van der Waals surface area contributed by atoms with Crippen molar-refractivity contribution in [3.8, 4) is 0 Å². The van der Waals surface area contributed by atoms with E-state index in [1.165, 1.54) is 16.4 Å². The predicted octanol–water partition coefficient (Wildman–Crippen LogP) is 1.39. The number of nitrogens with one attached hydrogen (secondary N) is 2. The standard InChI is InChI=1S/C17H21N5O3S/c1-12-11-13(2)19-17(18-12)21-20-16(23)15-9-6-10-22(15)26(24,25)14-7-4-3-5-8-14/h3-5,7-8,11,15H,6,9-10H2,1-2H3,(H,20,23)(H,18,19,21). The van der Waals surface area contributed by atoms with Crippen molar-refractivity contribution in [1.29, 1.82) is 0 Å². The number of hydrogen-bond acceptors (Lipinski definition) is 6. The SMILES string of the molecule is Cc1cc(C)nc(NNC(=O)C2CCCN2S(=O)(=O)c2ccccc2)n1. The van der Waals surface area contributed by atoms with Gasteiger partial charge in [-0.2, -0.15) is 4.31 Å². The summed E-state index contributed by atoms with van der Waals surface area (Å²) in [5.41, 5.74) is 6.73. The Kier molecular flexibility index (Phi) is 5.19. The summed E-state index contributed by atoms with van der Waals surface area (Å²) in [6.45, 7) is 3.97. The van der Waals surface area contributed by atoms with Crippen LogP contribution in [0.15, 0.2) is 41.3 Å². The van der Waals surface area contributed by atoms with Crippen molar-refractivity contribution in [2.45, 2.75) is 37.6 Å². The third kappa shape index (κ3) is 3.83. The molecule has 1 atom stereocenters. The number of benzene rings is 1. The molecule has 1 aliphatic heterocycles. The Balaban J connectivity index is 1.72. The van der Waals surface area contributed by atoms with E-state index < -0.39 is 22.0 Å². The lowest BCUT2D eigenvalue weighted by Gasteiger charge is -2.23. The summed E-state index contributed by atoms with van der Waals surface area (Å²) < 4.78 is 26.9. The summed E-state index contributed by atoms with van der Waals surface area (Å²) in [6.07, 6.45) is 1.09. The zero-order chi connectivity index (χ0) is 18.7. The molecule has 2 N–H and O–H groups in total. The highest BCUT2D eigenvalue weighted by Crippen LogP contribution is 2.26. The van der Waals surface area contributed by atoms with Gasteiger partial charge in [0.15, 0.2) is 0 Å². The van der Waals surface area contributed by atoms with Gasteiger partial charge in [-0.25, -0.2) is 18.4 Å². The maximum Gasteiger partial charge on any atom is 0.256 e. The van der Waals surface area contributed by atoms with Gasteiger partial charge in [0.05, 0.1) is 4.90 Å². The van der Waals surface area contributed by atoms with E-state index in [9.17, 15) is 13.2 Å². The summed E-state index contributed by atoms with van der Waals surface area (Å²) in [4.78, 5) is 21.1. The van der Waals surface area contributed by atoms with Crippen molar-refractivity contribution in [2.24, 2.45) is 0 Å². The lowest BCUT2D eigenvalue weighted by Crippen LogP contribution is -2.47. The molecule has 1 aromatic carbocycles. The van der Waals surface area contributed by atoms with Gasteiger partial charge in [0.1, 0.15) is 6.04 Å². The summed E-state index contributed by atoms with van der Waals surface area (Å²) >= 11 is 0. The number of aromatic nitrogens is 2. The Labute approximate surface area is 152 Å². The number of hydrazine groups is 1. The quantitative estimate of drug-likeness (QED) is 0.766. The molecule has 9 heteroatoms. The Bertz CT molecular complexity index is 882. The summed E-state index contributed by atoms with van der Waals surface area (Å²) in [7, 11) is -3.72. The molecule has 138 valence electrons. The molecule has 0 aliphatic carbocycles. The molecule has 1 fully saturated rings.